The Kier molecular flexibility index (Phi) is 5.32. The summed E-state index contributed by atoms with van der Waals surface area (Å²) in [4.78, 5) is 12.0. The number of aromatic nitrogens is 1. The van der Waals surface area contributed by atoms with Crippen LogP contribution in [-0.2, 0) is 16.1 Å². The van der Waals surface area contributed by atoms with Crippen molar-refractivity contribution in [3.63, 3.8) is 0 Å². The number of halogens is 1. The molecule has 1 amide bonds. The molecular weight excluding hydrogens is 312 g/mol. The zero-order valence-electron chi connectivity index (χ0n) is 12.1. The van der Waals surface area contributed by atoms with Gasteiger partial charge in [0.05, 0.1) is 0 Å². The van der Waals surface area contributed by atoms with Crippen molar-refractivity contribution in [2.24, 2.45) is 13.0 Å². The van der Waals surface area contributed by atoms with Crippen molar-refractivity contribution >= 4 is 25.6 Å². The number of amides is 1. The van der Waals surface area contributed by atoms with E-state index in [2.05, 4.69) is 5.32 Å². The van der Waals surface area contributed by atoms with E-state index >= 15 is 0 Å². The normalized spacial score (nSPS) is 16.3. The third-order valence-corrected chi connectivity index (χ3v) is 5.36. The fourth-order valence-corrected chi connectivity index (χ4v) is 3.67. The molecule has 7 heteroatoms. The monoisotopic (exact) mass is 332 g/mol. The van der Waals surface area contributed by atoms with Crippen molar-refractivity contribution in [3.8, 4) is 0 Å². The maximum atomic E-state index is 12.0. The number of carbonyl (C=O) groups is 1. The maximum absolute atomic E-state index is 12.0. The molecule has 21 heavy (non-hydrogen) atoms. The van der Waals surface area contributed by atoms with Crippen LogP contribution in [0.15, 0.2) is 17.2 Å². The lowest BCUT2D eigenvalue weighted by Gasteiger charge is -2.09. The Bertz CT molecular complexity index is 604. The van der Waals surface area contributed by atoms with Gasteiger partial charge in [-0.25, -0.2) is 8.42 Å². The fourth-order valence-electron chi connectivity index (χ4n) is 2.88. The third-order valence-electron chi connectivity index (χ3n) is 4.04. The van der Waals surface area contributed by atoms with Gasteiger partial charge in [0.2, 0.25) is 0 Å². The molecule has 1 heterocycles. The first kappa shape index (κ1) is 16.4. The molecule has 2 rings (SSSR count). The van der Waals surface area contributed by atoms with Crippen LogP contribution in [0, 0.1) is 5.92 Å². The molecule has 0 bridgehead atoms. The molecule has 1 saturated carbocycles. The van der Waals surface area contributed by atoms with Crippen LogP contribution in [0.3, 0.4) is 0 Å². The molecule has 1 N–H and O–H groups in total. The molecule has 5 nitrogen and oxygen atoms in total. The van der Waals surface area contributed by atoms with E-state index in [1.54, 1.807) is 7.05 Å². The average Bonchev–Trinajstić information content (AvgIpc) is 3.02. The molecule has 0 spiro atoms. The molecule has 1 aromatic heterocycles. The van der Waals surface area contributed by atoms with Gasteiger partial charge in [0, 0.05) is 30.5 Å². The number of aryl methyl sites for hydroxylation is 1. The number of nitrogens with one attached hydrogen (secondary N) is 1. The highest BCUT2D eigenvalue weighted by Gasteiger charge is 2.18. The average molecular weight is 333 g/mol. The zero-order chi connectivity index (χ0) is 15.5. The van der Waals surface area contributed by atoms with E-state index in [-0.39, 0.29) is 10.8 Å². The Morgan fingerprint density at radius 1 is 1.43 bits per heavy atom. The first-order chi connectivity index (χ1) is 9.88. The molecule has 0 unspecified atom stereocenters. The summed E-state index contributed by atoms with van der Waals surface area (Å²) in [6.45, 7) is 0.615. The molecule has 0 aliphatic heterocycles. The van der Waals surface area contributed by atoms with Gasteiger partial charge in [-0.3, -0.25) is 4.79 Å². The fraction of sp³-hybridized carbons (Fsp3) is 0.643. The minimum atomic E-state index is -3.80. The van der Waals surface area contributed by atoms with Gasteiger partial charge in [-0.2, -0.15) is 0 Å². The topological polar surface area (TPSA) is 68.2 Å². The summed E-state index contributed by atoms with van der Waals surface area (Å²) in [7, 11) is 3.10. The van der Waals surface area contributed by atoms with Crippen molar-refractivity contribution < 1.29 is 13.2 Å². The van der Waals surface area contributed by atoms with Crippen LogP contribution in [0.2, 0.25) is 0 Å². The molecule has 0 aromatic carbocycles. The number of rotatable bonds is 6. The number of hydrogen-bond acceptors (Lipinski definition) is 3. The second-order valence-corrected chi connectivity index (χ2v) is 8.22. The maximum Gasteiger partial charge on any atom is 0.267 e. The summed E-state index contributed by atoms with van der Waals surface area (Å²) in [5.74, 6) is 0.542. The van der Waals surface area contributed by atoms with Gasteiger partial charge in [-0.1, -0.05) is 25.7 Å². The molecule has 118 valence electrons. The smallest absolute Gasteiger partial charge is 0.267 e. The van der Waals surface area contributed by atoms with Gasteiger partial charge >= 0.3 is 0 Å². The number of hydrogen-bond donors (Lipinski definition) is 1. The van der Waals surface area contributed by atoms with E-state index in [4.69, 9.17) is 10.7 Å². The van der Waals surface area contributed by atoms with Crippen molar-refractivity contribution in [2.45, 2.75) is 43.4 Å². The van der Waals surface area contributed by atoms with E-state index < -0.39 is 9.05 Å². The predicted octanol–water partition coefficient (Wildman–Crippen LogP) is 2.65. The van der Waals surface area contributed by atoms with Crippen LogP contribution in [0.5, 0.6) is 0 Å². The van der Waals surface area contributed by atoms with Crippen LogP contribution in [0.25, 0.3) is 0 Å². The number of carbonyl (C=O) groups excluding carboxylic acids is 1. The van der Waals surface area contributed by atoms with Crippen LogP contribution in [-0.4, -0.2) is 25.4 Å². The standard InChI is InChI=1S/C14H21ClN2O3S/c1-17-10-12(21(15,19)20)9-13(17)14(18)16-8-4-7-11-5-2-3-6-11/h9-11H,2-8H2,1H3,(H,16,18). The van der Waals surface area contributed by atoms with Gasteiger partial charge in [0.25, 0.3) is 15.0 Å². The Hall–Kier alpha value is -1.01. The van der Waals surface area contributed by atoms with Crippen LogP contribution in [0.4, 0.5) is 0 Å². The lowest BCUT2D eigenvalue weighted by molar-refractivity contribution is 0.0944. The molecule has 1 aliphatic rings. The highest BCUT2D eigenvalue weighted by molar-refractivity contribution is 8.13. The Balaban J connectivity index is 1.84. The van der Waals surface area contributed by atoms with Crippen LogP contribution < -0.4 is 5.32 Å². The Labute approximate surface area is 130 Å². The zero-order valence-corrected chi connectivity index (χ0v) is 13.7. The lowest BCUT2D eigenvalue weighted by Crippen LogP contribution is -2.26. The van der Waals surface area contributed by atoms with E-state index in [9.17, 15) is 13.2 Å². The second kappa shape index (κ2) is 6.83. The summed E-state index contributed by atoms with van der Waals surface area (Å²) in [5.41, 5.74) is 0.301. The molecule has 0 radical (unpaired) electrons. The van der Waals surface area contributed by atoms with E-state index in [0.717, 1.165) is 18.8 Å². The number of nitrogens with zero attached hydrogens (tertiary/aromatic N) is 1. The van der Waals surface area contributed by atoms with Crippen molar-refractivity contribution in [1.82, 2.24) is 9.88 Å². The highest BCUT2D eigenvalue weighted by Crippen LogP contribution is 2.28. The van der Waals surface area contributed by atoms with Crippen LogP contribution >= 0.6 is 10.7 Å². The lowest BCUT2D eigenvalue weighted by atomic mass is 10.0. The minimum absolute atomic E-state index is 0.0530. The predicted molar refractivity (Wildman–Crippen MR) is 82.0 cm³/mol. The van der Waals surface area contributed by atoms with Gasteiger partial charge in [-0.05, 0) is 24.8 Å². The molecule has 0 atom stereocenters. The summed E-state index contributed by atoms with van der Waals surface area (Å²) < 4.78 is 24.0. The molecule has 1 fully saturated rings. The van der Waals surface area contributed by atoms with Crippen molar-refractivity contribution in [3.05, 3.63) is 18.0 Å². The van der Waals surface area contributed by atoms with Gasteiger partial charge in [0.15, 0.2) is 0 Å². The largest absolute Gasteiger partial charge is 0.351 e. The Morgan fingerprint density at radius 3 is 2.67 bits per heavy atom. The molecule has 1 aliphatic carbocycles. The molecule has 1 aromatic rings. The van der Waals surface area contributed by atoms with Crippen LogP contribution in [0.1, 0.15) is 49.0 Å². The highest BCUT2D eigenvalue weighted by atomic mass is 35.7. The van der Waals surface area contributed by atoms with Gasteiger partial charge in [0.1, 0.15) is 10.6 Å². The summed E-state index contributed by atoms with van der Waals surface area (Å²) in [6, 6.07) is 1.30. The minimum Gasteiger partial charge on any atom is -0.351 e. The quantitative estimate of drug-likeness (QED) is 0.643. The van der Waals surface area contributed by atoms with E-state index in [1.165, 1.54) is 42.5 Å². The second-order valence-electron chi connectivity index (χ2n) is 5.66. The van der Waals surface area contributed by atoms with Crippen molar-refractivity contribution in [2.75, 3.05) is 6.54 Å². The first-order valence-electron chi connectivity index (χ1n) is 7.27. The third kappa shape index (κ3) is 4.48. The SMILES string of the molecule is Cn1cc(S(=O)(=O)Cl)cc1C(=O)NCCCC1CCCC1. The molecular formula is C14H21ClN2O3S. The van der Waals surface area contributed by atoms with E-state index in [0.29, 0.717) is 12.2 Å². The van der Waals surface area contributed by atoms with Gasteiger partial charge < -0.3 is 9.88 Å². The first-order valence-corrected chi connectivity index (χ1v) is 9.58. The van der Waals surface area contributed by atoms with E-state index in [1.807, 2.05) is 0 Å². The summed E-state index contributed by atoms with van der Waals surface area (Å²) in [5, 5.41) is 2.83. The summed E-state index contributed by atoms with van der Waals surface area (Å²) >= 11 is 0. The van der Waals surface area contributed by atoms with Gasteiger partial charge in [-0.15, -0.1) is 0 Å². The summed E-state index contributed by atoms with van der Waals surface area (Å²) in [6.07, 6.45) is 8.73. The Morgan fingerprint density at radius 2 is 2.10 bits per heavy atom. The van der Waals surface area contributed by atoms with Crippen molar-refractivity contribution in [1.29, 1.82) is 0 Å². The molecule has 0 saturated heterocycles.